The molecule has 0 heterocycles. The SMILES string of the molecule is CC(NCCOc1cc(F)c(Br)cc1Cl)C1CC1. The van der Waals surface area contributed by atoms with Crippen LogP contribution in [0.4, 0.5) is 4.39 Å². The Morgan fingerprint density at radius 2 is 2.28 bits per heavy atom. The fourth-order valence-corrected chi connectivity index (χ4v) is 2.52. The van der Waals surface area contributed by atoms with Gasteiger partial charge in [0.05, 0.1) is 9.50 Å². The molecule has 2 rings (SSSR count). The summed E-state index contributed by atoms with van der Waals surface area (Å²) in [5, 5.41) is 3.80. The van der Waals surface area contributed by atoms with Crippen LogP contribution >= 0.6 is 27.5 Å². The quantitative estimate of drug-likeness (QED) is 0.626. The first kappa shape index (κ1) is 14.1. The van der Waals surface area contributed by atoms with Gasteiger partial charge in [0, 0.05) is 18.7 Å². The first-order chi connectivity index (χ1) is 8.58. The number of nitrogens with one attached hydrogen (secondary N) is 1. The molecule has 0 aromatic heterocycles. The van der Waals surface area contributed by atoms with E-state index in [4.69, 9.17) is 16.3 Å². The van der Waals surface area contributed by atoms with E-state index >= 15 is 0 Å². The van der Waals surface area contributed by atoms with Crippen LogP contribution in [-0.4, -0.2) is 19.2 Å². The molecule has 1 aliphatic rings. The summed E-state index contributed by atoms with van der Waals surface area (Å²) in [6, 6.07) is 3.34. The maximum Gasteiger partial charge on any atom is 0.141 e. The molecule has 1 atom stereocenters. The van der Waals surface area contributed by atoms with Crippen LogP contribution in [0, 0.1) is 11.7 Å². The first-order valence-corrected chi connectivity index (χ1v) is 7.25. The highest BCUT2D eigenvalue weighted by Gasteiger charge is 2.27. The maximum absolute atomic E-state index is 13.3. The number of rotatable bonds is 6. The van der Waals surface area contributed by atoms with Crippen molar-refractivity contribution in [2.24, 2.45) is 5.92 Å². The van der Waals surface area contributed by atoms with Crippen molar-refractivity contribution < 1.29 is 9.13 Å². The molecule has 1 aromatic carbocycles. The van der Waals surface area contributed by atoms with Crippen LogP contribution in [0.15, 0.2) is 16.6 Å². The van der Waals surface area contributed by atoms with Crippen molar-refractivity contribution in [3.8, 4) is 5.75 Å². The third kappa shape index (κ3) is 3.84. The molecule has 1 fully saturated rings. The molecule has 1 unspecified atom stereocenters. The molecule has 5 heteroatoms. The zero-order chi connectivity index (χ0) is 13.1. The molecule has 100 valence electrons. The highest BCUT2D eigenvalue weighted by Crippen LogP contribution is 2.32. The Morgan fingerprint density at radius 1 is 1.56 bits per heavy atom. The first-order valence-electron chi connectivity index (χ1n) is 6.08. The second-order valence-electron chi connectivity index (χ2n) is 4.63. The summed E-state index contributed by atoms with van der Waals surface area (Å²) in [5.41, 5.74) is 0. The van der Waals surface area contributed by atoms with Crippen molar-refractivity contribution in [3.63, 3.8) is 0 Å². The topological polar surface area (TPSA) is 21.3 Å². The molecule has 2 nitrogen and oxygen atoms in total. The van der Waals surface area contributed by atoms with E-state index in [0.29, 0.717) is 27.9 Å². The monoisotopic (exact) mass is 335 g/mol. The molecule has 18 heavy (non-hydrogen) atoms. The fraction of sp³-hybridized carbons (Fsp3) is 0.538. The summed E-state index contributed by atoms with van der Waals surface area (Å²) in [7, 11) is 0. The van der Waals surface area contributed by atoms with E-state index in [9.17, 15) is 4.39 Å². The lowest BCUT2D eigenvalue weighted by Crippen LogP contribution is -2.31. The second-order valence-corrected chi connectivity index (χ2v) is 5.89. The van der Waals surface area contributed by atoms with E-state index in [1.807, 2.05) is 0 Å². The molecule has 1 saturated carbocycles. The summed E-state index contributed by atoms with van der Waals surface area (Å²) in [6.45, 7) is 3.41. The zero-order valence-corrected chi connectivity index (χ0v) is 12.5. The molecule has 0 amide bonds. The van der Waals surface area contributed by atoms with E-state index in [-0.39, 0.29) is 5.82 Å². The highest BCUT2D eigenvalue weighted by atomic mass is 79.9. The van der Waals surface area contributed by atoms with Gasteiger partial charge in [-0.25, -0.2) is 4.39 Å². The summed E-state index contributed by atoms with van der Waals surface area (Å²) in [4.78, 5) is 0. The second kappa shape index (κ2) is 6.22. The highest BCUT2D eigenvalue weighted by molar-refractivity contribution is 9.10. The maximum atomic E-state index is 13.3. The molecule has 1 aliphatic carbocycles. The predicted molar refractivity (Wildman–Crippen MR) is 74.8 cm³/mol. The minimum Gasteiger partial charge on any atom is -0.491 e. The van der Waals surface area contributed by atoms with Gasteiger partial charge in [0.15, 0.2) is 0 Å². The molecule has 0 aliphatic heterocycles. The molecule has 0 bridgehead atoms. The lowest BCUT2D eigenvalue weighted by Gasteiger charge is -2.13. The standard InChI is InChI=1S/C13H16BrClFNO/c1-8(9-2-3-9)17-4-5-18-13-7-12(16)10(14)6-11(13)15/h6-9,17H,2-5H2,1H3. The zero-order valence-electron chi connectivity index (χ0n) is 10.2. The van der Waals surface area contributed by atoms with Gasteiger partial charge in [0.2, 0.25) is 0 Å². The summed E-state index contributed by atoms with van der Waals surface area (Å²) in [6.07, 6.45) is 2.64. The lowest BCUT2D eigenvalue weighted by atomic mass is 10.2. The Bertz CT molecular complexity index is 426. The van der Waals surface area contributed by atoms with E-state index < -0.39 is 0 Å². The van der Waals surface area contributed by atoms with Crippen LogP contribution in [0.1, 0.15) is 19.8 Å². The van der Waals surface area contributed by atoms with Gasteiger partial charge in [-0.2, -0.15) is 0 Å². The molecular weight excluding hydrogens is 321 g/mol. The van der Waals surface area contributed by atoms with Crippen LogP contribution in [0.2, 0.25) is 5.02 Å². The summed E-state index contributed by atoms with van der Waals surface area (Å²) < 4.78 is 19.1. The lowest BCUT2D eigenvalue weighted by molar-refractivity contribution is 0.302. The third-order valence-corrected chi connectivity index (χ3v) is 4.03. The van der Waals surface area contributed by atoms with E-state index in [0.717, 1.165) is 12.5 Å². The van der Waals surface area contributed by atoms with Crippen molar-refractivity contribution in [2.75, 3.05) is 13.2 Å². The Balaban J connectivity index is 1.77. The van der Waals surface area contributed by atoms with Gasteiger partial charge >= 0.3 is 0 Å². The smallest absolute Gasteiger partial charge is 0.141 e. The van der Waals surface area contributed by atoms with Crippen molar-refractivity contribution in [3.05, 3.63) is 27.4 Å². The number of halogens is 3. The Kier molecular flexibility index (Phi) is 4.87. The Hall–Kier alpha value is -0.320. The summed E-state index contributed by atoms with van der Waals surface area (Å²) >= 11 is 9.04. The minimum absolute atomic E-state index is 0.348. The predicted octanol–water partition coefficient (Wildman–Crippen LogP) is 4.01. The van der Waals surface area contributed by atoms with Gasteiger partial charge in [-0.05, 0) is 47.7 Å². The minimum atomic E-state index is -0.367. The molecule has 0 saturated heterocycles. The van der Waals surface area contributed by atoms with Gasteiger partial charge in [0.25, 0.3) is 0 Å². The van der Waals surface area contributed by atoms with Crippen LogP contribution < -0.4 is 10.1 Å². The number of hydrogen-bond acceptors (Lipinski definition) is 2. The molecule has 1 N–H and O–H groups in total. The van der Waals surface area contributed by atoms with Crippen LogP contribution in [0.3, 0.4) is 0 Å². The van der Waals surface area contributed by atoms with Crippen molar-refractivity contribution >= 4 is 27.5 Å². The normalized spacial score (nSPS) is 16.7. The largest absolute Gasteiger partial charge is 0.491 e. The van der Waals surface area contributed by atoms with Gasteiger partial charge < -0.3 is 10.1 Å². The average molecular weight is 337 g/mol. The molecule has 1 aromatic rings. The fourth-order valence-electron chi connectivity index (χ4n) is 1.83. The van der Waals surface area contributed by atoms with Crippen molar-refractivity contribution in [1.29, 1.82) is 0 Å². The third-order valence-electron chi connectivity index (χ3n) is 3.13. The van der Waals surface area contributed by atoms with Crippen LogP contribution in [0.5, 0.6) is 5.75 Å². The molecule has 0 spiro atoms. The Labute approximate surface area is 120 Å². The number of ether oxygens (including phenoxy) is 1. The van der Waals surface area contributed by atoms with Gasteiger partial charge in [0.1, 0.15) is 18.2 Å². The number of hydrogen-bond donors (Lipinski definition) is 1. The van der Waals surface area contributed by atoms with Crippen molar-refractivity contribution in [1.82, 2.24) is 5.32 Å². The van der Waals surface area contributed by atoms with Crippen LogP contribution in [0.25, 0.3) is 0 Å². The van der Waals surface area contributed by atoms with Gasteiger partial charge in [-0.1, -0.05) is 11.6 Å². The van der Waals surface area contributed by atoms with E-state index in [1.165, 1.54) is 25.0 Å². The average Bonchev–Trinajstić information content (AvgIpc) is 3.14. The van der Waals surface area contributed by atoms with Gasteiger partial charge in [-0.15, -0.1) is 0 Å². The van der Waals surface area contributed by atoms with E-state index in [2.05, 4.69) is 28.2 Å². The number of benzene rings is 1. The Morgan fingerprint density at radius 3 is 2.94 bits per heavy atom. The van der Waals surface area contributed by atoms with Gasteiger partial charge in [-0.3, -0.25) is 0 Å². The molecular formula is C13H16BrClFNO. The molecule has 0 radical (unpaired) electrons. The summed E-state index contributed by atoms with van der Waals surface area (Å²) in [5.74, 6) is 0.839. The van der Waals surface area contributed by atoms with E-state index in [1.54, 1.807) is 0 Å². The van der Waals surface area contributed by atoms with Crippen LogP contribution in [-0.2, 0) is 0 Å². The van der Waals surface area contributed by atoms with Crippen molar-refractivity contribution in [2.45, 2.75) is 25.8 Å².